The van der Waals surface area contributed by atoms with Gasteiger partial charge < -0.3 is 4.98 Å². The van der Waals surface area contributed by atoms with Crippen LogP contribution in [0.4, 0.5) is 0 Å². The SMILES string of the molecule is Cc1nn(C)c2c1[nH]c(=S)n2Cc1cccc(Br)c1. The molecule has 3 aromatic rings. The summed E-state index contributed by atoms with van der Waals surface area (Å²) in [7, 11) is 1.94. The van der Waals surface area contributed by atoms with Crippen LogP contribution in [0.2, 0.25) is 0 Å². The van der Waals surface area contributed by atoms with Crippen molar-refractivity contribution in [3.8, 4) is 0 Å². The summed E-state index contributed by atoms with van der Waals surface area (Å²) < 4.78 is 5.75. The summed E-state index contributed by atoms with van der Waals surface area (Å²) in [5.41, 5.74) is 4.21. The summed E-state index contributed by atoms with van der Waals surface area (Å²) in [5, 5.41) is 4.42. The molecule has 0 aliphatic heterocycles. The number of aryl methyl sites for hydroxylation is 2. The fourth-order valence-corrected chi connectivity index (χ4v) is 3.04. The molecule has 0 aliphatic carbocycles. The highest BCUT2D eigenvalue weighted by Crippen LogP contribution is 2.19. The van der Waals surface area contributed by atoms with E-state index >= 15 is 0 Å². The molecule has 0 saturated carbocycles. The number of hydrogen-bond acceptors (Lipinski definition) is 2. The van der Waals surface area contributed by atoms with Gasteiger partial charge in [0, 0.05) is 11.5 Å². The minimum Gasteiger partial charge on any atom is -0.328 e. The Morgan fingerprint density at radius 2 is 2.21 bits per heavy atom. The third-order valence-electron chi connectivity index (χ3n) is 3.15. The maximum atomic E-state index is 5.41. The summed E-state index contributed by atoms with van der Waals surface area (Å²) in [4.78, 5) is 3.23. The monoisotopic (exact) mass is 336 g/mol. The lowest BCUT2D eigenvalue weighted by atomic mass is 10.2. The molecule has 19 heavy (non-hydrogen) atoms. The number of fused-ring (bicyclic) bond motifs is 1. The van der Waals surface area contributed by atoms with Crippen LogP contribution in [0.25, 0.3) is 11.2 Å². The number of aromatic nitrogens is 4. The van der Waals surface area contributed by atoms with Crippen LogP contribution in [0.15, 0.2) is 28.7 Å². The van der Waals surface area contributed by atoms with E-state index in [0.29, 0.717) is 0 Å². The fraction of sp³-hybridized carbons (Fsp3) is 0.231. The van der Waals surface area contributed by atoms with Gasteiger partial charge in [0.1, 0.15) is 5.52 Å². The van der Waals surface area contributed by atoms with E-state index < -0.39 is 0 Å². The summed E-state index contributed by atoms with van der Waals surface area (Å²) in [6.07, 6.45) is 0. The highest BCUT2D eigenvalue weighted by molar-refractivity contribution is 9.10. The average Bonchev–Trinajstić information content (AvgIpc) is 2.80. The largest absolute Gasteiger partial charge is 0.328 e. The van der Waals surface area contributed by atoms with Crippen LogP contribution in [0.5, 0.6) is 0 Å². The van der Waals surface area contributed by atoms with Crippen LogP contribution in [0.1, 0.15) is 11.3 Å². The molecule has 0 unspecified atom stereocenters. The lowest BCUT2D eigenvalue weighted by molar-refractivity contribution is 0.715. The normalized spacial score (nSPS) is 11.3. The quantitative estimate of drug-likeness (QED) is 0.727. The molecule has 0 aliphatic rings. The lowest BCUT2D eigenvalue weighted by Crippen LogP contribution is -2.04. The molecule has 98 valence electrons. The molecular formula is C13H13BrN4S. The van der Waals surface area contributed by atoms with Crippen molar-refractivity contribution < 1.29 is 0 Å². The van der Waals surface area contributed by atoms with Crippen molar-refractivity contribution in [3.05, 3.63) is 44.8 Å². The molecule has 4 nitrogen and oxygen atoms in total. The molecular weight excluding hydrogens is 324 g/mol. The van der Waals surface area contributed by atoms with Gasteiger partial charge in [0.15, 0.2) is 10.4 Å². The van der Waals surface area contributed by atoms with E-state index in [0.717, 1.165) is 32.6 Å². The molecule has 0 fully saturated rings. The van der Waals surface area contributed by atoms with Crippen molar-refractivity contribution in [2.24, 2.45) is 7.05 Å². The summed E-state index contributed by atoms with van der Waals surface area (Å²) in [6.45, 7) is 2.72. The average molecular weight is 337 g/mol. The summed E-state index contributed by atoms with van der Waals surface area (Å²) in [5.74, 6) is 0. The molecule has 0 radical (unpaired) electrons. The van der Waals surface area contributed by atoms with Crippen molar-refractivity contribution in [2.75, 3.05) is 0 Å². The van der Waals surface area contributed by atoms with Gasteiger partial charge in [-0.25, -0.2) is 0 Å². The fourth-order valence-electron chi connectivity index (χ4n) is 2.34. The molecule has 2 heterocycles. The lowest BCUT2D eigenvalue weighted by Gasteiger charge is -2.05. The number of halogens is 1. The maximum absolute atomic E-state index is 5.41. The predicted molar refractivity (Wildman–Crippen MR) is 81.9 cm³/mol. The van der Waals surface area contributed by atoms with Gasteiger partial charge in [0.05, 0.1) is 12.2 Å². The highest BCUT2D eigenvalue weighted by Gasteiger charge is 2.12. The Kier molecular flexibility index (Phi) is 3.06. The molecule has 0 saturated heterocycles. The van der Waals surface area contributed by atoms with E-state index in [1.165, 1.54) is 5.56 Å². The van der Waals surface area contributed by atoms with Gasteiger partial charge in [-0.2, -0.15) is 5.10 Å². The Labute approximate surface area is 124 Å². The van der Waals surface area contributed by atoms with Gasteiger partial charge in [0.25, 0.3) is 0 Å². The molecule has 0 bridgehead atoms. The Hall–Kier alpha value is -1.40. The van der Waals surface area contributed by atoms with Crippen LogP contribution in [0.3, 0.4) is 0 Å². The minimum atomic E-state index is 0.728. The van der Waals surface area contributed by atoms with E-state index in [1.54, 1.807) is 0 Å². The number of benzene rings is 1. The van der Waals surface area contributed by atoms with Crippen molar-refractivity contribution in [1.29, 1.82) is 0 Å². The Morgan fingerprint density at radius 3 is 2.95 bits per heavy atom. The van der Waals surface area contributed by atoms with Gasteiger partial charge in [-0.15, -0.1) is 0 Å². The second kappa shape index (κ2) is 4.61. The first-order valence-electron chi connectivity index (χ1n) is 5.93. The zero-order valence-electron chi connectivity index (χ0n) is 10.6. The Bertz CT molecular complexity index is 812. The van der Waals surface area contributed by atoms with E-state index in [2.05, 4.69) is 42.7 Å². The topological polar surface area (TPSA) is 38.5 Å². The molecule has 3 rings (SSSR count). The molecule has 1 N–H and O–H groups in total. The molecule has 2 aromatic heterocycles. The summed E-state index contributed by atoms with van der Waals surface area (Å²) >= 11 is 8.90. The predicted octanol–water partition coefficient (Wildman–Crippen LogP) is 3.55. The second-order valence-electron chi connectivity index (χ2n) is 4.55. The first-order chi connectivity index (χ1) is 9.06. The van der Waals surface area contributed by atoms with Crippen molar-refractivity contribution in [3.63, 3.8) is 0 Å². The van der Waals surface area contributed by atoms with Crippen LogP contribution < -0.4 is 0 Å². The number of nitrogens with zero attached hydrogens (tertiary/aromatic N) is 3. The van der Waals surface area contributed by atoms with E-state index in [9.17, 15) is 0 Å². The zero-order valence-corrected chi connectivity index (χ0v) is 13.0. The van der Waals surface area contributed by atoms with Crippen LogP contribution in [0, 0.1) is 11.7 Å². The molecule has 0 atom stereocenters. The van der Waals surface area contributed by atoms with Gasteiger partial charge >= 0.3 is 0 Å². The first kappa shape index (κ1) is 12.6. The molecule has 0 amide bonds. The van der Waals surface area contributed by atoms with Gasteiger partial charge in [-0.1, -0.05) is 28.1 Å². The molecule has 0 spiro atoms. The van der Waals surface area contributed by atoms with Crippen LogP contribution >= 0.6 is 28.1 Å². The van der Waals surface area contributed by atoms with Gasteiger partial charge in [-0.05, 0) is 36.8 Å². The molecule has 6 heteroatoms. The number of imidazole rings is 1. The minimum absolute atomic E-state index is 0.728. The Morgan fingerprint density at radius 1 is 1.42 bits per heavy atom. The van der Waals surface area contributed by atoms with Gasteiger partial charge in [-0.3, -0.25) is 9.25 Å². The number of aromatic amines is 1. The van der Waals surface area contributed by atoms with Crippen LogP contribution in [-0.4, -0.2) is 19.3 Å². The number of nitrogens with one attached hydrogen (secondary N) is 1. The smallest absolute Gasteiger partial charge is 0.179 e. The highest BCUT2D eigenvalue weighted by atomic mass is 79.9. The Balaban J connectivity index is 2.15. The van der Waals surface area contributed by atoms with Crippen molar-refractivity contribution in [1.82, 2.24) is 19.3 Å². The number of hydrogen-bond donors (Lipinski definition) is 1. The first-order valence-corrected chi connectivity index (χ1v) is 7.13. The van der Waals surface area contributed by atoms with E-state index in [-0.39, 0.29) is 0 Å². The zero-order chi connectivity index (χ0) is 13.6. The second-order valence-corrected chi connectivity index (χ2v) is 5.86. The van der Waals surface area contributed by atoms with Crippen molar-refractivity contribution in [2.45, 2.75) is 13.5 Å². The number of H-pyrrole nitrogens is 1. The summed E-state index contributed by atoms with van der Waals surface area (Å²) in [6, 6.07) is 8.24. The van der Waals surface area contributed by atoms with Crippen molar-refractivity contribution >= 4 is 39.3 Å². The maximum Gasteiger partial charge on any atom is 0.179 e. The van der Waals surface area contributed by atoms with E-state index in [4.69, 9.17) is 12.2 Å². The number of rotatable bonds is 2. The van der Waals surface area contributed by atoms with Gasteiger partial charge in [0.2, 0.25) is 0 Å². The standard InChI is InChI=1S/C13H13BrN4S/c1-8-11-12(17(2)16-8)18(13(19)15-11)7-9-4-3-5-10(14)6-9/h3-6H,7H2,1-2H3,(H,15,19). The third kappa shape index (κ3) is 2.15. The van der Waals surface area contributed by atoms with E-state index in [1.807, 2.05) is 30.8 Å². The third-order valence-corrected chi connectivity index (χ3v) is 3.97. The molecule has 1 aromatic carbocycles. The van der Waals surface area contributed by atoms with Crippen LogP contribution in [-0.2, 0) is 13.6 Å².